The van der Waals surface area contributed by atoms with Gasteiger partial charge < -0.3 is 11.1 Å². The molecule has 0 unspecified atom stereocenters. The van der Waals surface area contributed by atoms with Gasteiger partial charge in [0, 0.05) is 11.3 Å². The van der Waals surface area contributed by atoms with Gasteiger partial charge in [-0.05, 0) is 37.3 Å². The molecule has 2 aromatic carbocycles. The molecule has 7 nitrogen and oxygen atoms in total. The number of hydrogen-bond donors (Lipinski definition) is 4. The Kier molecular flexibility index (Phi) is 5.97. The Labute approximate surface area is 174 Å². The number of hydrazine groups is 1. The number of nitrogens with one attached hydrogen (secondary N) is 3. The Balaban J connectivity index is 1.75. The number of nitrogens with zero attached hydrogens (tertiary/aromatic N) is 2. The van der Waals surface area contributed by atoms with Crippen molar-refractivity contribution in [1.82, 2.24) is 15.4 Å². The second kappa shape index (κ2) is 8.46. The highest BCUT2D eigenvalue weighted by atomic mass is 35.5. The molecule has 1 amide bonds. The van der Waals surface area contributed by atoms with Crippen molar-refractivity contribution in [2.45, 2.75) is 13.1 Å². The van der Waals surface area contributed by atoms with Gasteiger partial charge in [0.2, 0.25) is 0 Å². The molecule has 0 fully saturated rings. The summed E-state index contributed by atoms with van der Waals surface area (Å²) in [6.07, 6.45) is -3.47. The molecule has 30 heavy (non-hydrogen) atoms. The van der Waals surface area contributed by atoms with Crippen LogP contribution in [0.1, 0.15) is 21.5 Å². The van der Waals surface area contributed by atoms with E-state index >= 15 is 0 Å². The van der Waals surface area contributed by atoms with Crippen LogP contribution < -0.4 is 21.9 Å². The molecule has 0 radical (unpaired) electrons. The van der Waals surface area contributed by atoms with Crippen molar-refractivity contribution in [3.05, 3.63) is 70.5 Å². The van der Waals surface area contributed by atoms with Crippen LogP contribution in [-0.4, -0.2) is 15.9 Å². The molecule has 0 spiro atoms. The number of carbonyl (C=O) groups excluding carboxylic acids is 1. The van der Waals surface area contributed by atoms with E-state index in [0.717, 1.165) is 24.0 Å². The number of alkyl halides is 3. The van der Waals surface area contributed by atoms with Gasteiger partial charge in [-0.15, -0.1) is 0 Å². The fourth-order valence-electron chi connectivity index (χ4n) is 2.44. The van der Waals surface area contributed by atoms with Crippen LogP contribution in [0, 0.1) is 6.92 Å². The highest BCUT2D eigenvalue weighted by molar-refractivity contribution is 6.31. The molecule has 0 aliphatic carbocycles. The summed E-state index contributed by atoms with van der Waals surface area (Å²) >= 11 is 5.62. The number of rotatable bonds is 5. The lowest BCUT2D eigenvalue weighted by atomic mass is 10.1. The van der Waals surface area contributed by atoms with E-state index in [1.807, 2.05) is 6.92 Å². The Bertz CT molecular complexity index is 1070. The first kappa shape index (κ1) is 21.2. The Hall–Kier alpha value is -3.53. The van der Waals surface area contributed by atoms with E-state index in [4.69, 9.17) is 17.3 Å². The van der Waals surface area contributed by atoms with Crippen molar-refractivity contribution < 1.29 is 18.0 Å². The first-order valence-electron chi connectivity index (χ1n) is 8.52. The number of carbonyl (C=O) groups is 1. The number of nitrogen functional groups attached to an aromatic ring is 1. The van der Waals surface area contributed by atoms with Gasteiger partial charge in [-0.25, -0.2) is 9.97 Å². The summed E-state index contributed by atoms with van der Waals surface area (Å²) in [5.41, 5.74) is 11.5. The average molecular weight is 437 g/mol. The predicted octanol–water partition coefficient (Wildman–Crippen LogP) is 4.54. The minimum Gasteiger partial charge on any atom is -0.393 e. The standard InChI is InChI=1S/C19H16ClF3N6O/c1-10-2-4-11(5-3-10)18(30)29-28-17-15(24)16(25-9-26-17)27-12-6-7-14(20)13(8-12)19(21,22)23/h2-9H,24H2,1H3,(H,29,30)(H2,25,26,27,28). The zero-order chi connectivity index (χ0) is 21.9. The van der Waals surface area contributed by atoms with Crippen LogP contribution in [0.25, 0.3) is 0 Å². The monoisotopic (exact) mass is 436 g/mol. The fraction of sp³-hybridized carbons (Fsp3) is 0.105. The van der Waals surface area contributed by atoms with Crippen LogP contribution in [0.2, 0.25) is 5.02 Å². The molecule has 5 N–H and O–H groups in total. The van der Waals surface area contributed by atoms with E-state index < -0.39 is 22.7 Å². The molecule has 0 saturated heterocycles. The summed E-state index contributed by atoms with van der Waals surface area (Å²) in [5.74, 6) is -0.305. The quantitative estimate of drug-likeness (QED) is 0.438. The van der Waals surface area contributed by atoms with Gasteiger partial charge in [-0.1, -0.05) is 29.3 Å². The Morgan fingerprint density at radius 2 is 1.73 bits per heavy atom. The van der Waals surface area contributed by atoms with Gasteiger partial charge in [0.25, 0.3) is 5.91 Å². The molecule has 0 bridgehead atoms. The number of halogens is 4. The zero-order valence-corrected chi connectivity index (χ0v) is 16.3. The van der Waals surface area contributed by atoms with Crippen molar-refractivity contribution in [2.24, 2.45) is 0 Å². The Morgan fingerprint density at radius 3 is 2.40 bits per heavy atom. The first-order valence-corrected chi connectivity index (χ1v) is 8.90. The van der Waals surface area contributed by atoms with Crippen LogP contribution in [0.15, 0.2) is 48.8 Å². The second-order valence-electron chi connectivity index (χ2n) is 6.25. The van der Waals surface area contributed by atoms with Crippen molar-refractivity contribution in [2.75, 3.05) is 16.5 Å². The smallest absolute Gasteiger partial charge is 0.393 e. The third-order valence-corrected chi connectivity index (χ3v) is 4.36. The number of anilines is 4. The van der Waals surface area contributed by atoms with Crippen molar-refractivity contribution in [1.29, 1.82) is 0 Å². The lowest BCUT2D eigenvalue weighted by Crippen LogP contribution is -2.30. The summed E-state index contributed by atoms with van der Waals surface area (Å²) < 4.78 is 39.1. The largest absolute Gasteiger partial charge is 0.417 e. The zero-order valence-electron chi connectivity index (χ0n) is 15.5. The first-order chi connectivity index (χ1) is 14.1. The third-order valence-electron chi connectivity index (χ3n) is 4.03. The minimum absolute atomic E-state index is 0.00906. The number of hydrogen-bond acceptors (Lipinski definition) is 6. The maximum atomic E-state index is 13.0. The summed E-state index contributed by atoms with van der Waals surface area (Å²) in [7, 11) is 0. The highest BCUT2D eigenvalue weighted by Crippen LogP contribution is 2.37. The fourth-order valence-corrected chi connectivity index (χ4v) is 2.67. The van der Waals surface area contributed by atoms with Crippen LogP contribution in [0.4, 0.5) is 36.2 Å². The summed E-state index contributed by atoms with van der Waals surface area (Å²) in [4.78, 5) is 20.0. The van der Waals surface area contributed by atoms with E-state index in [9.17, 15) is 18.0 Å². The van der Waals surface area contributed by atoms with Gasteiger partial charge in [-0.3, -0.25) is 15.6 Å². The molecule has 3 aromatic rings. The summed E-state index contributed by atoms with van der Waals surface area (Å²) in [5, 5.41) is 2.26. The van der Waals surface area contributed by atoms with Gasteiger partial charge >= 0.3 is 6.18 Å². The summed E-state index contributed by atoms with van der Waals surface area (Å²) in [6.45, 7) is 1.90. The normalized spacial score (nSPS) is 11.1. The molecule has 156 valence electrons. The molecule has 0 atom stereocenters. The van der Waals surface area contributed by atoms with E-state index in [1.54, 1.807) is 24.3 Å². The number of benzene rings is 2. The van der Waals surface area contributed by atoms with Crippen molar-refractivity contribution in [3.8, 4) is 0 Å². The van der Waals surface area contributed by atoms with Gasteiger partial charge in [-0.2, -0.15) is 13.2 Å². The van der Waals surface area contributed by atoms with Crippen LogP contribution >= 0.6 is 11.6 Å². The van der Waals surface area contributed by atoms with Crippen molar-refractivity contribution in [3.63, 3.8) is 0 Å². The molecule has 11 heteroatoms. The molecule has 0 saturated carbocycles. The van der Waals surface area contributed by atoms with E-state index in [2.05, 4.69) is 26.1 Å². The SMILES string of the molecule is Cc1ccc(C(=O)NNc2ncnc(Nc3ccc(Cl)c(C(F)(F)F)c3)c2N)cc1. The molecule has 3 rings (SSSR count). The predicted molar refractivity (Wildman–Crippen MR) is 108 cm³/mol. The number of nitrogens with two attached hydrogens (primary N) is 1. The van der Waals surface area contributed by atoms with Crippen LogP contribution in [0.5, 0.6) is 0 Å². The Morgan fingerprint density at radius 1 is 1.07 bits per heavy atom. The molecule has 0 aliphatic rings. The third kappa shape index (κ3) is 4.90. The van der Waals surface area contributed by atoms with Crippen LogP contribution in [0.3, 0.4) is 0 Å². The number of aryl methyl sites for hydroxylation is 1. The molecule has 1 heterocycles. The topological polar surface area (TPSA) is 105 Å². The molecular formula is C19H16ClF3N6O. The molecular weight excluding hydrogens is 421 g/mol. The number of aromatic nitrogens is 2. The van der Waals surface area contributed by atoms with Gasteiger partial charge in [0.15, 0.2) is 11.6 Å². The van der Waals surface area contributed by atoms with E-state index in [-0.39, 0.29) is 23.0 Å². The lowest BCUT2D eigenvalue weighted by Gasteiger charge is -2.15. The second-order valence-corrected chi connectivity index (χ2v) is 6.65. The summed E-state index contributed by atoms with van der Waals surface area (Å²) in [6, 6.07) is 10.2. The minimum atomic E-state index is -4.61. The molecule has 0 aliphatic heterocycles. The average Bonchev–Trinajstić information content (AvgIpc) is 2.69. The van der Waals surface area contributed by atoms with Crippen LogP contribution in [-0.2, 0) is 6.18 Å². The molecule has 1 aromatic heterocycles. The lowest BCUT2D eigenvalue weighted by molar-refractivity contribution is -0.137. The van der Waals surface area contributed by atoms with Gasteiger partial charge in [0.05, 0.1) is 10.6 Å². The van der Waals surface area contributed by atoms with Gasteiger partial charge in [0.1, 0.15) is 12.0 Å². The van der Waals surface area contributed by atoms with E-state index in [0.29, 0.717) is 5.56 Å². The number of amides is 1. The maximum Gasteiger partial charge on any atom is 0.417 e. The highest BCUT2D eigenvalue weighted by Gasteiger charge is 2.33. The maximum absolute atomic E-state index is 13.0. The van der Waals surface area contributed by atoms with E-state index in [1.165, 1.54) is 6.07 Å². The van der Waals surface area contributed by atoms with Crippen molar-refractivity contribution >= 4 is 40.5 Å².